The number of amides is 1. The smallest absolute Gasteiger partial charge is 0.270 e. The van der Waals surface area contributed by atoms with E-state index in [2.05, 4.69) is 20.7 Å². The molecule has 1 amide bonds. The van der Waals surface area contributed by atoms with Crippen molar-refractivity contribution in [3.05, 3.63) is 52.1 Å². The molecule has 0 bridgehead atoms. The van der Waals surface area contributed by atoms with Gasteiger partial charge in [0.25, 0.3) is 11.6 Å². The molecule has 2 aromatic carbocycles. The number of nitro groups is 1. The summed E-state index contributed by atoms with van der Waals surface area (Å²) in [7, 11) is 6.25. The topological polar surface area (TPSA) is 143 Å². The van der Waals surface area contributed by atoms with Crippen LogP contribution in [0.5, 0.6) is 17.2 Å². The third-order valence-electron chi connectivity index (χ3n) is 4.57. The molecule has 0 saturated heterocycles. The second-order valence-electron chi connectivity index (χ2n) is 6.71. The van der Waals surface area contributed by atoms with E-state index in [9.17, 15) is 14.9 Å². The molecule has 1 heterocycles. The summed E-state index contributed by atoms with van der Waals surface area (Å²) in [6, 6.07) is 9.49. The van der Waals surface area contributed by atoms with Crippen molar-refractivity contribution < 1.29 is 23.9 Å². The van der Waals surface area contributed by atoms with Crippen LogP contribution in [0.25, 0.3) is 11.4 Å². The lowest BCUT2D eigenvalue weighted by Gasteiger charge is -2.12. The molecule has 3 aromatic rings. The fourth-order valence-electron chi connectivity index (χ4n) is 2.97. The third-order valence-corrected chi connectivity index (χ3v) is 5.59. The second kappa shape index (κ2) is 11.1. The van der Waals surface area contributed by atoms with Gasteiger partial charge in [0.05, 0.1) is 38.2 Å². The zero-order valence-corrected chi connectivity index (χ0v) is 19.7. The van der Waals surface area contributed by atoms with Gasteiger partial charge in [0, 0.05) is 30.3 Å². The Hall–Kier alpha value is -4.13. The highest BCUT2D eigenvalue weighted by atomic mass is 32.2. The van der Waals surface area contributed by atoms with E-state index in [1.54, 1.807) is 35.9 Å². The number of thioether (sulfide) groups is 1. The number of non-ortho nitro benzene ring substituents is 1. The average molecular weight is 487 g/mol. The van der Waals surface area contributed by atoms with Crippen molar-refractivity contribution in [1.82, 2.24) is 20.2 Å². The zero-order valence-electron chi connectivity index (χ0n) is 18.8. The van der Waals surface area contributed by atoms with Crippen molar-refractivity contribution in [3.63, 3.8) is 0 Å². The van der Waals surface area contributed by atoms with E-state index in [1.165, 1.54) is 39.7 Å². The Balaban J connectivity index is 1.62. The fourth-order valence-corrected chi connectivity index (χ4v) is 3.67. The molecule has 12 nitrogen and oxygen atoms in total. The highest BCUT2D eigenvalue weighted by molar-refractivity contribution is 7.99. The minimum atomic E-state index is -0.474. The van der Waals surface area contributed by atoms with Gasteiger partial charge in [0.2, 0.25) is 5.75 Å². The Kier molecular flexibility index (Phi) is 8.03. The molecule has 1 N–H and O–H groups in total. The number of nitrogens with zero attached hydrogens (tertiary/aromatic N) is 5. The Bertz CT molecular complexity index is 1200. The first-order valence-corrected chi connectivity index (χ1v) is 10.8. The van der Waals surface area contributed by atoms with Crippen LogP contribution in [0.4, 0.5) is 5.69 Å². The molecule has 0 aliphatic rings. The van der Waals surface area contributed by atoms with Crippen LogP contribution in [0.1, 0.15) is 5.56 Å². The zero-order chi connectivity index (χ0) is 24.7. The summed E-state index contributed by atoms with van der Waals surface area (Å²) in [5.74, 6) is 1.52. The molecule has 13 heteroatoms. The van der Waals surface area contributed by atoms with Crippen molar-refractivity contribution in [2.24, 2.45) is 12.1 Å². The number of hydrazone groups is 1. The van der Waals surface area contributed by atoms with Crippen molar-refractivity contribution in [2.75, 3.05) is 27.1 Å². The van der Waals surface area contributed by atoms with E-state index in [1.807, 2.05) is 0 Å². The van der Waals surface area contributed by atoms with Gasteiger partial charge in [0.15, 0.2) is 22.5 Å². The lowest BCUT2D eigenvalue weighted by atomic mass is 10.2. The Morgan fingerprint density at radius 1 is 1.18 bits per heavy atom. The maximum absolute atomic E-state index is 12.2. The monoisotopic (exact) mass is 486 g/mol. The van der Waals surface area contributed by atoms with Gasteiger partial charge in [-0.05, 0) is 12.1 Å². The number of hydrogen-bond acceptors (Lipinski definition) is 10. The summed E-state index contributed by atoms with van der Waals surface area (Å²) in [6.45, 7) is 0. The first-order valence-electron chi connectivity index (χ1n) is 9.76. The van der Waals surface area contributed by atoms with Crippen molar-refractivity contribution >= 4 is 29.6 Å². The van der Waals surface area contributed by atoms with E-state index in [0.717, 1.165) is 11.8 Å². The molecule has 0 aliphatic heterocycles. The predicted molar refractivity (Wildman–Crippen MR) is 126 cm³/mol. The molecule has 0 aliphatic carbocycles. The number of nitro benzene ring substituents is 1. The van der Waals surface area contributed by atoms with E-state index in [4.69, 9.17) is 14.2 Å². The van der Waals surface area contributed by atoms with Gasteiger partial charge in [-0.2, -0.15) is 5.10 Å². The summed E-state index contributed by atoms with van der Waals surface area (Å²) in [6.07, 6.45) is 1.45. The summed E-state index contributed by atoms with van der Waals surface area (Å²) < 4.78 is 17.5. The molecule has 34 heavy (non-hydrogen) atoms. The fraction of sp³-hybridized carbons (Fsp3) is 0.238. The quantitative estimate of drug-likeness (QED) is 0.198. The molecule has 0 atom stereocenters. The van der Waals surface area contributed by atoms with Gasteiger partial charge in [0.1, 0.15) is 0 Å². The molecule has 0 unspecified atom stereocenters. The molecule has 178 valence electrons. The molecular formula is C21H22N6O6S. The molecular weight excluding hydrogens is 464 g/mol. The van der Waals surface area contributed by atoms with E-state index < -0.39 is 4.92 Å². The van der Waals surface area contributed by atoms with Crippen LogP contribution in [0.15, 0.2) is 46.7 Å². The number of ether oxygens (including phenoxy) is 3. The summed E-state index contributed by atoms with van der Waals surface area (Å²) >= 11 is 1.16. The van der Waals surface area contributed by atoms with Gasteiger partial charge in [-0.25, -0.2) is 5.43 Å². The average Bonchev–Trinajstić information content (AvgIpc) is 3.22. The van der Waals surface area contributed by atoms with Gasteiger partial charge in [-0.1, -0.05) is 23.9 Å². The minimum Gasteiger partial charge on any atom is -0.493 e. The number of rotatable bonds is 10. The van der Waals surface area contributed by atoms with Crippen LogP contribution < -0.4 is 19.6 Å². The van der Waals surface area contributed by atoms with Crippen LogP contribution in [0.3, 0.4) is 0 Å². The minimum absolute atomic E-state index is 0.0352. The van der Waals surface area contributed by atoms with Gasteiger partial charge in [-0.3, -0.25) is 14.9 Å². The van der Waals surface area contributed by atoms with Crippen LogP contribution >= 0.6 is 11.8 Å². The molecule has 0 spiro atoms. The standard InChI is InChI=1S/C21H22N6O6S/c1-26-20(14-6-5-7-15(10-14)27(29)30)24-25-21(26)34-12-18(28)23-22-11-13-8-16(31-2)19(33-4)17(9-13)32-3/h5-11H,12H2,1-4H3,(H,23,28)/b22-11-. The number of hydrogen-bond donors (Lipinski definition) is 1. The number of methoxy groups -OCH3 is 3. The summed E-state index contributed by atoms with van der Waals surface area (Å²) in [5, 5.41) is 23.6. The molecule has 3 rings (SSSR count). The lowest BCUT2D eigenvalue weighted by molar-refractivity contribution is -0.384. The molecule has 0 radical (unpaired) electrons. The van der Waals surface area contributed by atoms with Crippen LogP contribution in [-0.2, 0) is 11.8 Å². The summed E-state index contributed by atoms with van der Waals surface area (Å²) in [5.41, 5.74) is 3.59. The Labute approximate surface area is 199 Å². The first kappa shape index (κ1) is 24.5. The van der Waals surface area contributed by atoms with Crippen molar-refractivity contribution in [3.8, 4) is 28.6 Å². The first-order chi connectivity index (χ1) is 16.4. The normalized spacial score (nSPS) is 10.8. The number of carbonyl (C=O) groups is 1. The van der Waals surface area contributed by atoms with Crippen LogP contribution in [-0.4, -0.2) is 58.9 Å². The van der Waals surface area contributed by atoms with E-state index >= 15 is 0 Å². The van der Waals surface area contributed by atoms with Crippen LogP contribution in [0.2, 0.25) is 0 Å². The van der Waals surface area contributed by atoms with Crippen molar-refractivity contribution in [1.29, 1.82) is 0 Å². The highest BCUT2D eigenvalue weighted by Gasteiger charge is 2.16. The number of carbonyl (C=O) groups excluding carboxylic acids is 1. The second-order valence-corrected chi connectivity index (χ2v) is 7.66. The van der Waals surface area contributed by atoms with Crippen molar-refractivity contribution in [2.45, 2.75) is 5.16 Å². The lowest BCUT2D eigenvalue weighted by Crippen LogP contribution is -2.19. The largest absolute Gasteiger partial charge is 0.493 e. The molecule has 0 fully saturated rings. The Morgan fingerprint density at radius 3 is 2.50 bits per heavy atom. The van der Waals surface area contributed by atoms with Gasteiger partial charge >= 0.3 is 0 Å². The summed E-state index contributed by atoms with van der Waals surface area (Å²) in [4.78, 5) is 22.7. The maximum atomic E-state index is 12.2. The highest BCUT2D eigenvalue weighted by Crippen LogP contribution is 2.37. The number of benzene rings is 2. The molecule has 1 aromatic heterocycles. The van der Waals surface area contributed by atoms with Gasteiger partial charge < -0.3 is 18.8 Å². The van der Waals surface area contributed by atoms with Gasteiger partial charge in [-0.15, -0.1) is 10.2 Å². The Morgan fingerprint density at radius 2 is 1.88 bits per heavy atom. The van der Waals surface area contributed by atoms with E-state index in [-0.39, 0.29) is 17.3 Å². The SMILES string of the molecule is COc1cc(/C=N\NC(=O)CSc2nnc(-c3cccc([N+](=O)[O-])c3)n2C)cc(OC)c1OC. The van der Waals surface area contributed by atoms with E-state index in [0.29, 0.717) is 39.4 Å². The maximum Gasteiger partial charge on any atom is 0.270 e. The number of nitrogens with one attached hydrogen (secondary N) is 1. The van der Waals surface area contributed by atoms with Crippen LogP contribution in [0, 0.1) is 10.1 Å². The number of aromatic nitrogens is 3. The predicted octanol–water partition coefficient (Wildman–Crippen LogP) is 2.66. The molecule has 0 saturated carbocycles. The third kappa shape index (κ3) is 5.61.